The van der Waals surface area contributed by atoms with Crippen LogP contribution in [0, 0.1) is 5.41 Å². The van der Waals surface area contributed by atoms with E-state index < -0.39 is 0 Å². The predicted octanol–water partition coefficient (Wildman–Crippen LogP) is 3.76. The Balaban J connectivity index is 1.28. The van der Waals surface area contributed by atoms with Crippen molar-refractivity contribution in [2.45, 2.75) is 31.6 Å². The van der Waals surface area contributed by atoms with Gasteiger partial charge in [0.05, 0.1) is 28.4 Å². The molecule has 7 nitrogen and oxygen atoms in total. The Labute approximate surface area is 203 Å². The molecule has 0 spiro atoms. The third-order valence-electron chi connectivity index (χ3n) is 7.15. The summed E-state index contributed by atoms with van der Waals surface area (Å²) < 4.78 is 21.8. The molecule has 0 saturated heterocycles. The van der Waals surface area contributed by atoms with Gasteiger partial charge in [-0.1, -0.05) is 0 Å². The molecule has 2 aliphatic rings. The van der Waals surface area contributed by atoms with Gasteiger partial charge < -0.3 is 28.7 Å². The highest BCUT2D eigenvalue weighted by Crippen LogP contribution is 2.42. The van der Waals surface area contributed by atoms with E-state index in [1.165, 1.54) is 16.7 Å². The summed E-state index contributed by atoms with van der Waals surface area (Å²) in [5, 5.41) is 8.65. The van der Waals surface area contributed by atoms with E-state index in [9.17, 15) is 0 Å². The molecule has 1 aliphatic carbocycles. The zero-order valence-electron chi connectivity index (χ0n) is 21.1. The number of likely N-dealkylation sites (N-methyl/N-ethyl adjacent to an activating group) is 1. The SMILES string of the molecule is COc1cc2c(cc1OC)CC(=N)N(CCCN(C)C[C@H]1Cc3cc(OC)c(OC)cc31)CC2. The first-order chi connectivity index (χ1) is 16.5. The van der Waals surface area contributed by atoms with Crippen LogP contribution in [-0.2, 0) is 19.3 Å². The molecule has 0 bridgehead atoms. The van der Waals surface area contributed by atoms with Gasteiger partial charge in [-0.05, 0) is 79.4 Å². The summed E-state index contributed by atoms with van der Waals surface area (Å²) in [7, 11) is 8.90. The summed E-state index contributed by atoms with van der Waals surface area (Å²) in [6, 6.07) is 8.34. The zero-order valence-corrected chi connectivity index (χ0v) is 21.1. The molecule has 1 heterocycles. The Bertz CT molecular complexity index is 1040. The lowest BCUT2D eigenvalue weighted by atomic mass is 9.77. The number of amidine groups is 1. The normalized spacial score (nSPS) is 16.9. The first-order valence-electron chi connectivity index (χ1n) is 12.0. The molecule has 34 heavy (non-hydrogen) atoms. The maximum Gasteiger partial charge on any atom is 0.161 e. The van der Waals surface area contributed by atoms with Gasteiger partial charge in [-0.3, -0.25) is 5.41 Å². The molecule has 0 unspecified atom stereocenters. The van der Waals surface area contributed by atoms with Crippen LogP contribution in [0.2, 0.25) is 0 Å². The third-order valence-corrected chi connectivity index (χ3v) is 7.15. The first-order valence-corrected chi connectivity index (χ1v) is 12.0. The van der Waals surface area contributed by atoms with Crippen LogP contribution in [0.1, 0.15) is 34.6 Å². The molecular weight excluding hydrogens is 430 g/mol. The van der Waals surface area contributed by atoms with Crippen LogP contribution in [-0.4, -0.2) is 77.3 Å². The van der Waals surface area contributed by atoms with Crippen molar-refractivity contribution in [2.75, 3.05) is 61.7 Å². The summed E-state index contributed by atoms with van der Waals surface area (Å²) in [6.07, 6.45) is 3.67. The molecule has 4 rings (SSSR count). The van der Waals surface area contributed by atoms with Gasteiger partial charge in [0.2, 0.25) is 0 Å². The van der Waals surface area contributed by atoms with Gasteiger partial charge in [0.25, 0.3) is 0 Å². The van der Waals surface area contributed by atoms with Crippen LogP contribution in [0.25, 0.3) is 0 Å². The Morgan fingerprint density at radius 2 is 1.47 bits per heavy atom. The second-order valence-electron chi connectivity index (χ2n) is 9.26. The summed E-state index contributed by atoms with van der Waals surface area (Å²) in [5.41, 5.74) is 5.15. The van der Waals surface area contributed by atoms with Gasteiger partial charge in [-0.15, -0.1) is 0 Å². The van der Waals surface area contributed by atoms with Crippen molar-refractivity contribution in [3.05, 3.63) is 46.5 Å². The van der Waals surface area contributed by atoms with Crippen molar-refractivity contribution >= 4 is 5.84 Å². The molecule has 1 atom stereocenters. The molecule has 0 radical (unpaired) electrons. The minimum Gasteiger partial charge on any atom is -0.493 e. The van der Waals surface area contributed by atoms with Crippen LogP contribution in [0.4, 0.5) is 0 Å². The molecule has 1 N–H and O–H groups in total. The minimum atomic E-state index is 0.538. The number of fused-ring (bicyclic) bond motifs is 2. The largest absolute Gasteiger partial charge is 0.493 e. The lowest BCUT2D eigenvalue weighted by Crippen LogP contribution is -2.36. The molecular formula is C27H37N3O4. The van der Waals surface area contributed by atoms with Gasteiger partial charge in [0, 0.05) is 32.0 Å². The Kier molecular flexibility index (Phi) is 7.51. The van der Waals surface area contributed by atoms with E-state index in [2.05, 4.69) is 35.0 Å². The summed E-state index contributed by atoms with van der Waals surface area (Å²) in [5.74, 6) is 4.34. The van der Waals surface area contributed by atoms with E-state index >= 15 is 0 Å². The van der Waals surface area contributed by atoms with Crippen molar-refractivity contribution in [3.63, 3.8) is 0 Å². The number of hydrogen-bond donors (Lipinski definition) is 1. The molecule has 1 aliphatic heterocycles. The standard InChI is InChI=1S/C27H37N3O4/c1-29(17-21-11-20-14-25(33-4)26(34-5)16-22(20)21)8-6-9-30-10-7-18-12-23(31-2)24(32-3)13-19(18)15-27(30)28/h12-14,16,21,28H,6-11,15,17H2,1-5H3/t21-/m1/s1. The number of benzene rings is 2. The highest BCUT2D eigenvalue weighted by atomic mass is 16.5. The molecule has 7 heteroatoms. The highest BCUT2D eigenvalue weighted by molar-refractivity contribution is 5.83. The van der Waals surface area contributed by atoms with Crippen LogP contribution in [0.3, 0.4) is 0 Å². The molecule has 0 saturated carbocycles. The second kappa shape index (κ2) is 10.6. The predicted molar refractivity (Wildman–Crippen MR) is 134 cm³/mol. The molecule has 0 amide bonds. The Hall–Kier alpha value is -2.93. The van der Waals surface area contributed by atoms with Crippen LogP contribution in [0.5, 0.6) is 23.0 Å². The first kappa shape index (κ1) is 24.2. The van der Waals surface area contributed by atoms with Crippen molar-refractivity contribution in [2.24, 2.45) is 0 Å². The third kappa shape index (κ3) is 4.94. The summed E-state index contributed by atoms with van der Waals surface area (Å²) >= 11 is 0. The number of hydrogen-bond acceptors (Lipinski definition) is 6. The van der Waals surface area contributed by atoms with Gasteiger partial charge in [0.15, 0.2) is 23.0 Å². The lowest BCUT2D eigenvalue weighted by molar-refractivity contribution is 0.278. The fourth-order valence-corrected chi connectivity index (χ4v) is 5.19. The number of nitrogens with one attached hydrogen (secondary N) is 1. The van der Waals surface area contributed by atoms with E-state index in [0.717, 1.165) is 74.0 Å². The molecule has 184 valence electrons. The fourth-order valence-electron chi connectivity index (χ4n) is 5.19. The summed E-state index contributed by atoms with van der Waals surface area (Å²) in [4.78, 5) is 4.64. The van der Waals surface area contributed by atoms with E-state index in [1.54, 1.807) is 28.4 Å². The monoisotopic (exact) mass is 467 g/mol. The smallest absolute Gasteiger partial charge is 0.161 e. The topological polar surface area (TPSA) is 67.3 Å². The van der Waals surface area contributed by atoms with Crippen molar-refractivity contribution < 1.29 is 18.9 Å². The van der Waals surface area contributed by atoms with Crippen LogP contribution < -0.4 is 18.9 Å². The second-order valence-corrected chi connectivity index (χ2v) is 9.26. The number of rotatable bonds is 10. The van der Waals surface area contributed by atoms with Gasteiger partial charge in [0.1, 0.15) is 5.84 Å². The molecule has 2 aromatic rings. The quantitative estimate of drug-likeness (QED) is 0.574. The Morgan fingerprint density at radius 3 is 2.12 bits per heavy atom. The summed E-state index contributed by atoms with van der Waals surface area (Å²) in [6.45, 7) is 3.81. The van der Waals surface area contributed by atoms with E-state index in [0.29, 0.717) is 18.2 Å². The van der Waals surface area contributed by atoms with Crippen molar-refractivity contribution in [1.82, 2.24) is 9.80 Å². The van der Waals surface area contributed by atoms with Gasteiger partial charge >= 0.3 is 0 Å². The van der Waals surface area contributed by atoms with E-state index in [4.69, 9.17) is 24.4 Å². The number of ether oxygens (including phenoxy) is 4. The van der Waals surface area contributed by atoms with E-state index in [1.807, 2.05) is 6.07 Å². The molecule has 0 aromatic heterocycles. The van der Waals surface area contributed by atoms with E-state index in [-0.39, 0.29) is 0 Å². The fraction of sp³-hybridized carbons (Fsp3) is 0.519. The number of methoxy groups -OCH3 is 4. The molecule has 2 aromatic carbocycles. The zero-order chi connectivity index (χ0) is 24.2. The van der Waals surface area contributed by atoms with Crippen molar-refractivity contribution in [3.8, 4) is 23.0 Å². The maximum atomic E-state index is 8.65. The van der Waals surface area contributed by atoms with Gasteiger partial charge in [-0.2, -0.15) is 0 Å². The highest BCUT2D eigenvalue weighted by Gasteiger charge is 2.29. The Morgan fingerprint density at radius 1 is 0.882 bits per heavy atom. The van der Waals surface area contributed by atoms with Crippen LogP contribution >= 0.6 is 0 Å². The average Bonchev–Trinajstić information content (AvgIpc) is 2.98. The van der Waals surface area contributed by atoms with Gasteiger partial charge in [-0.25, -0.2) is 0 Å². The minimum absolute atomic E-state index is 0.538. The maximum absolute atomic E-state index is 8.65. The lowest BCUT2D eigenvalue weighted by Gasteiger charge is -2.34. The molecule has 0 fully saturated rings. The average molecular weight is 468 g/mol. The van der Waals surface area contributed by atoms with Crippen LogP contribution in [0.15, 0.2) is 24.3 Å². The van der Waals surface area contributed by atoms with Crippen molar-refractivity contribution in [1.29, 1.82) is 5.41 Å². The number of nitrogens with zero attached hydrogens (tertiary/aromatic N) is 2.